The van der Waals surface area contributed by atoms with Crippen molar-refractivity contribution in [3.63, 3.8) is 0 Å². The third-order valence-electron chi connectivity index (χ3n) is 5.19. The highest BCUT2D eigenvalue weighted by molar-refractivity contribution is 5.31. The van der Waals surface area contributed by atoms with Crippen LogP contribution in [0.3, 0.4) is 0 Å². The van der Waals surface area contributed by atoms with Crippen LogP contribution in [0.5, 0.6) is 5.75 Å². The zero-order valence-corrected chi connectivity index (χ0v) is 16.0. The Kier molecular flexibility index (Phi) is 5.96. The lowest BCUT2D eigenvalue weighted by molar-refractivity contribution is 0.409. The highest BCUT2D eigenvalue weighted by Crippen LogP contribution is 2.27. The van der Waals surface area contributed by atoms with Crippen molar-refractivity contribution >= 4 is 0 Å². The standard InChI is InChI=1S/C21H26N6O/c1-28-20-8-4-7-16(9-20)21-19(12-24-26-21)11-22-10-17-5-2-3-6-18(17)13-27-15-23-14-25-27/h2-9,14-15,19,21-22,24,26H,10-13H2,1H3. The van der Waals surface area contributed by atoms with Gasteiger partial charge < -0.3 is 10.1 Å². The molecule has 1 saturated heterocycles. The Hall–Kier alpha value is -2.74. The van der Waals surface area contributed by atoms with Crippen LogP contribution >= 0.6 is 0 Å². The SMILES string of the molecule is COc1cccc(C2NNCC2CNCc2ccccc2Cn2cncn2)c1. The zero-order valence-electron chi connectivity index (χ0n) is 16.0. The Bertz CT molecular complexity index is 882. The largest absolute Gasteiger partial charge is 0.497 e. The number of hydrogen-bond acceptors (Lipinski definition) is 6. The fraction of sp³-hybridized carbons (Fsp3) is 0.333. The van der Waals surface area contributed by atoms with Crippen molar-refractivity contribution in [3.8, 4) is 5.75 Å². The Balaban J connectivity index is 1.37. The molecule has 1 fully saturated rings. The number of aromatic nitrogens is 3. The summed E-state index contributed by atoms with van der Waals surface area (Å²) in [6.45, 7) is 3.40. The molecule has 2 aromatic carbocycles. The number of methoxy groups -OCH3 is 1. The molecule has 0 spiro atoms. The monoisotopic (exact) mass is 378 g/mol. The average Bonchev–Trinajstić information content (AvgIpc) is 3.41. The van der Waals surface area contributed by atoms with Crippen LogP contribution in [-0.2, 0) is 13.1 Å². The number of benzene rings is 2. The van der Waals surface area contributed by atoms with E-state index in [2.05, 4.69) is 62.6 Å². The van der Waals surface area contributed by atoms with E-state index in [4.69, 9.17) is 4.74 Å². The maximum absolute atomic E-state index is 5.37. The lowest BCUT2D eigenvalue weighted by atomic mass is 9.94. The Morgan fingerprint density at radius 2 is 2.07 bits per heavy atom. The number of hydrogen-bond donors (Lipinski definition) is 3. The van der Waals surface area contributed by atoms with Crippen LogP contribution in [0.1, 0.15) is 22.7 Å². The van der Waals surface area contributed by atoms with E-state index < -0.39 is 0 Å². The van der Waals surface area contributed by atoms with Crippen LogP contribution in [-0.4, -0.2) is 35.0 Å². The molecule has 3 N–H and O–H groups in total. The topological polar surface area (TPSA) is 76.0 Å². The molecule has 1 aliphatic heterocycles. The third-order valence-corrected chi connectivity index (χ3v) is 5.19. The van der Waals surface area contributed by atoms with E-state index in [0.29, 0.717) is 5.92 Å². The van der Waals surface area contributed by atoms with E-state index in [1.165, 1.54) is 16.7 Å². The summed E-state index contributed by atoms with van der Waals surface area (Å²) < 4.78 is 7.22. The van der Waals surface area contributed by atoms with E-state index in [9.17, 15) is 0 Å². The summed E-state index contributed by atoms with van der Waals surface area (Å²) in [7, 11) is 1.70. The van der Waals surface area contributed by atoms with Crippen LogP contribution in [0.4, 0.5) is 0 Å². The average molecular weight is 378 g/mol. The van der Waals surface area contributed by atoms with Crippen LogP contribution in [0.15, 0.2) is 61.2 Å². The Morgan fingerprint density at radius 1 is 1.18 bits per heavy atom. The van der Waals surface area contributed by atoms with Gasteiger partial charge in [-0.3, -0.25) is 5.43 Å². The van der Waals surface area contributed by atoms with Crippen molar-refractivity contribution in [1.82, 2.24) is 30.9 Å². The molecule has 0 amide bonds. The van der Waals surface area contributed by atoms with Crippen molar-refractivity contribution in [2.45, 2.75) is 19.1 Å². The van der Waals surface area contributed by atoms with Crippen LogP contribution in [0, 0.1) is 5.92 Å². The maximum atomic E-state index is 5.37. The number of nitrogens with one attached hydrogen (secondary N) is 3. The van der Waals surface area contributed by atoms with Gasteiger partial charge in [-0.25, -0.2) is 15.1 Å². The second-order valence-electron chi connectivity index (χ2n) is 7.03. The van der Waals surface area contributed by atoms with Crippen molar-refractivity contribution in [3.05, 3.63) is 77.9 Å². The molecule has 0 saturated carbocycles. The molecule has 28 heavy (non-hydrogen) atoms. The quantitative estimate of drug-likeness (QED) is 0.556. The van der Waals surface area contributed by atoms with E-state index in [1.54, 1.807) is 19.8 Å². The number of nitrogens with zero attached hydrogens (tertiary/aromatic N) is 3. The van der Waals surface area contributed by atoms with Crippen LogP contribution < -0.4 is 20.9 Å². The lowest BCUT2D eigenvalue weighted by Gasteiger charge is -2.20. The molecule has 0 bridgehead atoms. The van der Waals surface area contributed by atoms with Crippen LogP contribution in [0.25, 0.3) is 0 Å². The molecule has 1 aliphatic rings. The lowest BCUT2D eigenvalue weighted by Crippen LogP contribution is -2.29. The third kappa shape index (κ3) is 4.39. The molecule has 1 aromatic heterocycles. The van der Waals surface area contributed by atoms with Gasteiger partial charge in [0, 0.05) is 25.6 Å². The maximum Gasteiger partial charge on any atom is 0.137 e. The first-order valence-corrected chi connectivity index (χ1v) is 9.56. The first-order valence-electron chi connectivity index (χ1n) is 9.56. The van der Waals surface area contributed by atoms with Gasteiger partial charge in [-0.2, -0.15) is 5.10 Å². The van der Waals surface area contributed by atoms with Gasteiger partial charge in [-0.15, -0.1) is 0 Å². The molecule has 2 heterocycles. The summed E-state index contributed by atoms with van der Waals surface area (Å²) in [5.74, 6) is 1.34. The van der Waals surface area contributed by atoms with Gasteiger partial charge in [0.15, 0.2) is 0 Å². The minimum atomic E-state index is 0.257. The number of hydrazine groups is 1. The summed E-state index contributed by atoms with van der Waals surface area (Å²) in [6, 6.07) is 17.0. The van der Waals surface area contributed by atoms with Gasteiger partial charge in [-0.05, 0) is 28.8 Å². The summed E-state index contributed by atoms with van der Waals surface area (Å²) in [5, 5.41) is 7.85. The molecule has 7 heteroatoms. The normalized spacial score (nSPS) is 19.0. The van der Waals surface area contributed by atoms with Gasteiger partial charge in [0.25, 0.3) is 0 Å². The molecule has 3 aromatic rings. The Morgan fingerprint density at radius 3 is 2.89 bits per heavy atom. The number of rotatable bonds is 8. The van der Waals surface area contributed by atoms with Crippen molar-refractivity contribution in [1.29, 1.82) is 0 Å². The Labute approximate surface area is 165 Å². The molecule has 146 valence electrons. The van der Waals surface area contributed by atoms with Gasteiger partial charge in [0.05, 0.1) is 19.7 Å². The molecular weight excluding hydrogens is 352 g/mol. The van der Waals surface area contributed by atoms with Gasteiger partial charge in [0.2, 0.25) is 0 Å². The molecule has 0 radical (unpaired) electrons. The van der Waals surface area contributed by atoms with E-state index >= 15 is 0 Å². The molecule has 2 atom stereocenters. The fourth-order valence-electron chi connectivity index (χ4n) is 3.68. The highest BCUT2D eigenvalue weighted by atomic mass is 16.5. The second kappa shape index (κ2) is 8.97. The predicted molar refractivity (Wildman–Crippen MR) is 108 cm³/mol. The van der Waals surface area contributed by atoms with E-state index in [-0.39, 0.29) is 6.04 Å². The summed E-state index contributed by atoms with van der Waals surface area (Å²) >= 11 is 0. The van der Waals surface area contributed by atoms with Crippen molar-refractivity contribution < 1.29 is 4.74 Å². The van der Waals surface area contributed by atoms with Crippen molar-refractivity contribution in [2.75, 3.05) is 20.2 Å². The fourth-order valence-corrected chi connectivity index (χ4v) is 3.68. The van der Waals surface area contributed by atoms with E-state index in [0.717, 1.165) is 31.9 Å². The molecule has 7 nitrogen and oxygen atoms in total. The van der Waals surface area contributed by atoms with Crippen molar-refractivity contribution in [2.24, 2.45) is 5.92 Å². The molecule has 2 unspecified atom stereocenters. The molecular formula is C21H26N6O. The minimum absolute atomic E-state index is 0.257. The summed E-state index contributed by atoms with van der Waals surface area (Å²) in [4.78, 5) is 4.03. The first kappa shape index (κ1) is 18.6. The predicted octanol–water partition coefficient (Wildman–Crippen LogP) is 1.89. The minimum Gasteiger partial charge on any atom is -0.497 e. The van der Waals surface area contributed by atoms with Gasteiger partial charge in [-0.1, -0.05) is 36.4 Å². The summed E-state index contributed by atoms with van der Waals surface area (Å²) in [5.41, 5.74) is 10.5. The zero-order chi connectivity index (χ0) is 19.2. The molecule has 4 rings (SSSR count). The molecule has 0 aliphatic carbocycles. The van der Waals surface area contributed by atoms with E-state index in [1.807, 2.05) is 16.8 Å². The van der Waals surface area contributed by atoms with Gasteiger partial charge >= 0.3 is 0 Å². The summed E-state index contributed by atoms with van der Waals surface area (Å²) in [6.07, 6.45) is 3.32. The smallest absolute Gasteiger partial charge is 0.137 e. The number of ether oxygens (including phenoxy) is 1. The first-order chi connectivity index (χ1) is 13.8. The second-order valence-corrected chi connectivity index (χ2v) is 7.03. The highest BCUT2D eigenvalue weighted by Gasteiger charge is 2.28. The van der Waals surface area contributed by atoms with Crippen LogP contribution in [0.2, 0.25) is 0 Å². The van der Waals surface area contributed by atoms with Gasteiger partial charge in [0.1, 0.15) is 18.4 Å².